The number of rotatable bonds is 2. The molecule has 4 rings (SSSR count). The molecule has 0 saturated heterocycles. The van der Waals surface area contributed by atoms with Crippen LogP contribution in [0.15, 0.2) is 66.7 Å². The van der Waals surface area contributed by atoms with Gasteiger partial charge >= 0.3 is 0 Å². The normalized spacial score (nSPS) is 12.3. The summed E-state index contributed by atoms with van der Waals surface area (Å²) in [7, 11) is 0.00282. The van der Waals surface area contributed by atoms with Crippen molar-refractivity contribution in [3.05, 3.63) is 66.7 Å². The van der Waals surface area contributed by atoms with E-state index in [-0.39, 0.29) is 0 Å². The molecule has 0 aliphatic heterocycles. The fourth-order valence-electron chi connectivity index (χ4n) is 3.40. The molecule has 0 spiro atoms. The van der Waals surface area contributed by atoms with E-state index in [0.29, 0.717) is 0 Å². The van der Waals surface area contributed by atoms with Gasteiger partial charge in [-0.1, -0.05) is 66.7 Å². The minimum atomic E-state index is -1.83. The lowest BCUT2D eigenvalue weighted by Crippen LogP contribution is -2.43. The monoisotopic (exact) mass is 316 g/mol. The average Bonchev–Trinajstić information content (AvgIpc) is 2.61. The zero-order chi connectivity index (χ0) is 16.0. The maximum atomic E-state index is 5.81. The van der Waals surface area contributed by atoms with Crippen LogP contribution >= 0.6 is 0 Å². The predicted molar refractivity (Wildman–Crippen MR) is 103 cm³/mol. The molecule has 0 amide bonds. The van der Waals surface area contributed by atoms with Crippen LogP contribution in [0.3, 0.4) is 0 Å². The van der Waals surface area contributed by atoms with Gasteiger partial charge in [0.05, 0.1) is 0 Å². The summed E-state index contributed by atoms with van der Waals surface area (Å²) in [5.74, 6) is 0. The van der Waals surface area contributed by atoms with Crippen LogP contribution in [0.1, 0.15) is 0 Å². The summed E-state index contributed by atoms with van der Waals surface area (Å²) < 4.78 is 5.81. The minimum Gasteiger partial charge on any atom is -0.416 e. The van der Waals surface area contributed by atoms with Crippen molar-refractivity contribution in [2.75, 3.05) is 7.11 Å². The first-order valence-corrected chi connectivity index (χ1v) is 10.9. The molecule has 0 saturated carbocycles. The molecule has 1 nitrogen and oxygen atoms in total. The molecule has 114 valence electrons. The first kappa shape index (κ1) is 14.4. The second kappa shape index (κ2) is 5.19. The molecule has 4 aromatic rings. The van der Waals surface area contributed by atoms with Gasteiger partial charge < -0.3 is 4.43 Å². The van der Waals surface area contributed by atoms with Gasteiger partial charge in [0.2, 0.25) is 8.32 Å². The molecule has 0 aliphatic rings. The highest BCUT2D eigenvalue weighted by Crippen LogP contribution is 2.34. The van der Waals surface area contributed by atoms with Crippen LogP contribution < -0.4 is 5.19 Å². The fourth-order valence-corrected chi connectivity index (χ4v) is 4.61. The van der Waals surface area contributed by atoms with Gasteiger partial charge in [-0.25, -0.2) is 0 Å². The zero-order valence-corrected chi connectivity index (χ0v) is 14.8. The van der Waals surface area contributed by atoms with Gasteiger partial charge in [-0.2, -0.15) is 0 Å². The van der Waals surface area contributed by atoms with Crippen LogP contribution in [0, 0.1) is 0 Å². The lowest BCUT2D eigenvalue weighted by atomic mass is 9.94. The summed E-state index contributed by atoms with van der Waals surface area (Å²) in [6, 6.07) is 24.3. The number of hydrogen-bond acceptors (Lipinski definition) is 1. The van der Waals surface area contributed by atoms with E-state index in [1.165, 1.54) is 37.5 Å². The standard InChI is InChI=1S/C21H20OSi/c1-22-23(2,3)15-12-13-20-18-10-5-4-8-16(18)17-9-6-7-11-19(17)21(20)14-15/h4-14H,1-3H3. The van der Waals surface area contributed by atoms with E-state index in [0.717, 1.165) is 0 Å². The summed E-state index contributed by atoms with van der Waals surface area (Å²) in [4.78, 5) is 0. The Morgan fingerprint density at radius 1 is 0.609 bits per heavy atom. The van der Waals surface area contributed by atoms with Gasteiger partial charge in [-0.05, 0) is 50.6 Å². The zero-order valence-electron chi connectivity index (χ0n) is 13.8. The Hall–Kier alpha value is -2.16. The van der Waals surface area contributed by atoms with Crippen LogP contribution in [-0.2, 0) is 4.43 Å². The highest BCUT2D eigenvalue weighted by atomic mass is 28.4. The van der Waals surface area contributed by atoms with E-state index in [4.69, 9.17) is 4.43 Å². The van der Waals surface area contributed by atoms with Crippen molar-refractivity contribution >= 4 is 45.8 Å². The molecule has 0 bridgehead atoms. The minimum absolute atomic E-state index is 1.32. The van der Waals surface area contributed by atoms with E-state index in [1.54, 1.807) is 0 Å². The molecule has 2 heteroatoms. The Morgan fingerprint density at radius 2 is 1.04 bits per heavy atom. The van der Waals surface area contributed by atoms with Crippen LogP contribution in [0.25, 0.3) is 32.3 Å². The van der Waals surface area contributed by atoms with E-state index in [1.807, 2.05) is 7.11 Å². The molecule has 0 unspecified atom stereocenters. The molecule has 0 N–H and O–H groups in total. The van der Waals surface area contributed by atoms with Crippen molar-refractivity contribution in [2.24, 2.45) is 0 Å². The third-order valence-electron chi connectivity index (χ3n) is 4.95. The molecule has 0 radical (unpaired) electrons. The summed E-state index contributed by atoms with van der Waals surface area (Å²) in [5.41, 5.74) is 0. The van der Waals surface area contributed by atoms with Gasteiger partial charge in [-0.3, -0.25) is 0 Å². The fraction of sp³-hybridized carbons (Fsp3) is 0.143. The van der Waals surface area contributed by atoms with E-state index in [9.17, 15) is 0 Å². The summed E-state index contributed by atoms with van der Waals surface area (Å²) >= 11 is 0. The van der Waals surface area contributed by atoms with Crippen molar-refractivity contribution in [3.8, 4) is 0 Å². The number of benzene rings is 4. The van der Waals surface area contributed by atoms with Crippen LogP contribution in [0.5, 0.6) is 0 Å². The van der Waals surface area contributed by atoms with Crippen molar-refractivity contribution in [3.63, 3.8) is 0 Å². The Labute approximate surface area is 137 Å². The van der Waals surface area contributed by atoms with E-state index >= 15 is 0 Å². The molecule has 4 aromatic carbocycles. The highest BCUT2D eigenvalue weighted by Gasteiger charge is 2.24. The maximum absolute atomic E-state index is 5.81. The molecular formula is C21H20OSi. The smallest absolute Gasteiger partial charge is 0.217 e. The molecule has 0 heterocycles. The second-order valence-electron chi connectivity index (χ2n) is 6.57. The first-order valence-electron chi connectivity index (χ1n) is 8.01. The quantitative estimate of drug-likeness (QED) is 0.364. The predicted octanol–water partition coefficient (Wildman–Crippen LogP) is 5.20. The van der Waals surface area contributed by atoms with Gasteiger partial charge in [0, 0.05) is 7.11 Å². The Kier molecular flexibility index (Phi) is 3.25. The van der Waals surface area contributed by atoms with Crippen molar-refractivity contribution in [1.29, 1.82) is 0 Å². The summed E-state index contributed by atoms with van der Waals surface area (Å²) in [6.07, 6.45) is 0. The van der Waals surface area contributed by atoms with Crippen molar-refractivity contribution in [2.45, 2.75) is 13.1 Å². The second-order valence-corrected chi connectivity index (χ2v) is 10.6. The van der Waals surface area contributed by atoms with Gasteiger partial charge in [0.25, 0.3) is 0 Å². The van der Waals surface area contributed by atoms with Crippen molar-refractivity contribution in [1.82, 2.24) is 0 Å². The lowest BCUT2D eigenvalue weighted by Gasteiger charge is -2.21. The van der Waals surface area contributed by atoms with Crippen LogP contribution in [-0.4, -0.2) is 15.4 Å². The van der Waals surface area contributed by atoms with Crippen LogP contribution in [0.4, 0.5) is 0 Å². The topological polar surface area (TPSA) is 9.23 Å². The van der Waals surface area contributed by atoms with E-state index in [2.05, 4.69) is 79.8 Å². The third kappa shape index (κ3) is 2.18. The number of hydrogen-bond donors (Lipinski definition) is 0. The Balaban J connectivity index is 2.21. The largest absolute Gasteiger partial charge is 0.416 e. The summed E-state index contributed by atoms with van der Waals surface area (Å²) in [6.45, 7) is 4.49. The molecule has 0 aromatic heterocycles. The molecule has 0 aliphatic carbocycles. The SMILES string of the molecule is CO[Si](C)(C)c1ccc2c3ccccc3c3ccccc3c2c1. The van der Waals surface area contributed by atoms with Crippen LogP contribution in [0.2, 0.25) is 13.1 Å². The Morgan fingerprint density at radius 3 is 1.52 bits per heavy atom. The van der Waals surface area contributed by atoms with Gasteiger partial charge in [0.1, 0.15) is 0 Å². The molecule has 23 heavy (non-hydrogen) atoms. The highest BCUT2D eigenvalue weighted by molar-refractivity contribution is 6.84. The molecule has 0 atom stereocenters. The third-order valence-corrected chi connectivity index (χ3v) is 7.67. The Bertz CT molecular complexity index is 998. The van der Waals surface area contributed by atoms with E-state index < -0.39 is 8.32 Å². The van der Waals surface area contributed by atoms with Crippen molar-refractivity contribution < 1.29 is 4.43 Å². The molecule has 0 fully saturated rings. The average molecular weight is 316 g/mol. The summed E-state index contributed by atoms with van der Waals surface area (Å²) in [5, 5.41) is 9.29. The number of fused-ring (bicyclic) bond motifs is 6. The lowest BCUT2D eigenvalue weighted by molar-refractivity contribution is 0.416. The van der Waals surface area contributed by atoms with Gasteiger partial charge in [-0.15, -0.1) is 0 Å². The van der Waals surface area contributed by atoms with Gasteiger partial charge in [0.15, 0.2) is 0 Å². The molecular weight excluding hydrogens is 296 g/mol. The first-order chi connectivity index (χ1) is 11.1. The maximum Gasteiger partial charge on any atom is 0.217 e.